The summed E-state index contributed by atoms with van der Waals surface area (Å²) >= 11 is 5.83. The van der Waals surface area contributed by atoms with E-state index in [-0.39, 0.29) is 21.6 Å². The number of fused-ring (bicyclic) bond motifs is 1. The van der Waals surface area contributed by atoms with Crippen LogP contribution >= 0.6 is 22.9 Å². The molecule has 2 aliphatic carbocycles. The Morgan fingerprint density at radius 2 is 1.93 bits per heavy atom. The Morgan fingerprint density at radius 3 is 2.48 bits per heavy atom. The maximum absolute atomic E-state index is 12.6. The maximum Gasteiger partial charge on any atom is 0.443 e. The third-order valence-electron chi connectivity index (χ3n) is 7.51. The molecule has 0 spiro atoms. The van der Waals surface area contributed by atoms with E-state index in [0.717, 1.165) is 49.5 Å². The molecule has 2 unspecified atom stereocenters. The second-order valence-electron chi connectivity index (χ2n) is 10.1. The van der Waals surface area contributed by atoms with Crippen LogP contribution in [0, 0.1) is 23.6 Å². The fraction of sp³-hybridized carbons (Fsp3) is 0.462. The molecule has 2 saturated carbocycles. The molecule has 216 valence electrons. The predicted octanol–water partition coefficient (Wildman–Crippen LogP) is 5.76. The fourth-order valence-corrected chi connectivity index (χ4v) is 6.50. The molecule has 5 rings (SSSR count). The smallest absolute Gasteiger partial charge is 0.388 e. The first-order valence-electron chi connectivity index (χ1n) is 12.6. The molecule has 2 aromatic heterocycles. The van der Waals surface area contributed by atoms with E-state index < -0.39 is 17.1 Å². The highest BCUT2D eigenvalue weighted by atomic mass is 35.5. The van der Waals surface area contributed by atoms with Crippen molar-refractivity contribution in [2.24, 2.45) is 24.8 Å². The third kappa shape index (κ3) is 6.57. The van der Waals surface area contributed by atoms with Gasteiger partial charge in [0.1, 0.15) is 16.5 Å². The molecule has 40 heavy (non-hydrogen) atoms. The highest BCUT2D eigenvalue weighted by molar-refractivity contribution is 7.13. The molecular formula is C26H29ClF4N6O2S. The van der Waals surface area contributed by atoms with Crippen LogP contribution in [0.2, 0.25) is 5.02 Å². The molecule has 4 N–H and O–H groups in total. The summed E-state index contributed by atoms with van der Waals surface area (Å²) in [7, 11) is 3.48. The van der Waals surface area contributed by atoms with E-state index in [1.54, 1.807) is 20.2 Å². The van der Waals surface area contributed by atoms with Crippen molar-refractivity contribution in [3.63, 3.8) is 0 Å². The van der Waals surface area contributed by atoms with Crippen LogP contribution in [0.4, 0.5) is 29.1 Å². The number of aryl methyl sites for hydroxylation is 1. The van der Waals surface area contributed by atoms with Crippen molar-refractivity contribution in [1.82, 2.24) is 20.1 Å². The van der Waals surface area contributed by atoms with Crippen LogP contribution in [-0.4, -0.2) is 40.6 Å². The number of halogens is 5. The zero-order chi connectivity index (χ0) is 29.2. The lowest BCUT2D eigenvalue weighted by atomic mass is 9.94. The molecule has 2 atom stereocenters. The van der Waals surface area contributed by atoms with Gasteiger partial charge in [-0.05, 0) is 61.6 Å². The fourth-order valence-electron chi connectivity index (χ4n) is 5.61. The zero-order valence-corrected chi connectivity index (χ0v) is 23.3. The monoisotopic (exact) mass is 600 g/mol. The SMILES string of the molecule is CNc1ccc(F)c(Cl)c1.Cn1nc(C2CC3CC(CNC(=O)c4cnc(C(F)(F)F)s4)CC3C2)c(C=O)c1N. The number of amides is 1. The van der Waals surface area contributed by atoms with Gasteiger partial charge in [-0.25, -0.2) is 9.37 Å². The minimum atomic E-state index is -4.54. The lowest BCUT2D eigenvalue weighted by Crippen LogP contribution is -2.28. The summed E-state index contributed by atoms with van der Waals surface area (Å²) in [6.07, 6.45) is 0.943. The Morgan fingerprint density at radius 1 is 1.25 bits per heavy atom. The first-order valence-corrected chi connectivity index (χ1v) is 13.8. The number of benzene rings is 1. The van der Waals surface area contributed by atoms with E-state index in [0.29, 0.717) is 47.0 Å². The Hall–Kier alpha value is -3.19. The minimum Gasteiger partial charge on any atom is -0.388 e. The van der Waals surface area contributed by atoms with Crippen LogP contribution in [0.5, 0.6) is 0 Å². The van der Waals surface area contributed by atoms with Crippen LogP contribution < -0.4 is 16.4 Å². The molecule has 0 saturated heterocycles. The predicted molar refractivity (Wildman–Crippen MR) is 145 cm³/mol. The van der Waals surface area contributed by atoms with Gasteiger partial charge >= 0.3 is 6.18 Å². The molecular weight excluding hydrogens is 572 g/mol. The highest BCUT2D eigenvalue weighted by Crippen LogP contribution is 2.52. The van der Waals surface area contributed by atoms with Crippen molar-refractivity contribution < 1.29 is 27.2 Å². The standard InChI is InChI=1S/C19H22F3N5O2S.C7H7ClFN/c1-27-16(23)13(8-28)15(26-27)12-4-10-2-9(3-11(10)5-12)6-24-17(29)14-7-25-18(30-14)19(20,21)22;1-10-5-2-3-7(9)6(8)4-5/h7-12H,2-6,23H2,1H3,(H,24,29);2-4,10H,1H3. The summed E-state index contributed by atoms with van der Waals surface area (Å²) in [5, 5.41) is 9.17. The largest absolute Gasteiger partial charge is 0.443 e. The number of alkyl halides is 3. The van der Waals surface area contributed by atoms with Crippen LogP contribution in [0.25, 0.3) is 0 Å². The first kappa shape index (κ1) is 29.8. The second-order valence-corrected chi connectivity index (χ2v) is 11.5. The summed E-state index contributed by atoms with van der Waals surface area (Å²) in [6, 6.07) is 4.49. The lowest BCUT2D eigenvalue weighted by Gasteiger charge is -2.14. The number of nitrogens with one attached hydrogen (secondary N) is 2. The third-order valence-corrected chi connectivity index (χ3v) is 8.84. The number of thiazole rings is 1. The number of carbonyl (C=O) groups excluding carboxylic acids is 2. The van der Waals surface area contributed by atoms with Gasteiger partial charge in [0.05, 0.1) is 22.5 Å². The number of anilines is 2. The average molecular weight is 601 g/mol. The minimum absolute atomic E-state index is 0.0327. The summed E-state index contributed by atoms with van der Waals surface area (Å²) in [5.74, 6) is 0.948. The van der Waals surface area contributed by atoms with Gasteiger partial charge in [0.2, 0.25) is 0 Å². The highest BCUT2D eigenvalue weighted by Gasteiger charge is 2.43. The van der Waals surface area contributed by atoms with Gasteiger partial charge < -0.3 is 16.4 Å². The molecule has 0 aliphatic heterocycles. The number of rotatable bonds is 6. The molecule has 2 aliphatic rings. The number of aromatic nitrogens is 3. The molecule has 14 heteroatoms. The van der Waals surface area contributed by atoms with Crippen molar-refractivity contribution in [1.29, 1.82) is 0 Å². The Bertz CT molecular complexity index is 1360. The van der Waals surface area contributed by atoms with Gasteiger partial charge in [-0.2, -0.15) is 18.3 Å². The van der Waals surface area contributed by atoms with Crippen LogP contribution in [0.15, 0.2) is 24.4 Å². The molecule has 1 aromatic carbocycles. The molecule has 0 radical (unpaired) electrons. The Kier molecular flexibility index (Phi) is 9.03. The van der Waals surface area contributed by atoms with Crippen molar-refractivity contribution in [3.05, 3.63) is 56.4 Å². The van der Waals surface area contributed by atoms with E-state index in [9.17, 15) is 27.2 Å². The number of hydrogen-bond acceptors (Lipinski definition) is 7. The van der Waals surface area contributed by atoms with E-state index in [4.69, 9.17) is 17.3 Å². The van der Waals surface area contributed by atoms with E-state index in [2.05, 4.69) is 20.7 Å². The molecule has 3 aromatic rings. The summed E-state index contributed by atoms with van der Waals surface area (Å²) in [5.41, 5.74) is 7.99. The maximum atomic E-state index is 12.6. The zero-order valence-electron chi connectivity index (χ0n) is 21.8. The van der Waals surface area contributed by atoms with Crippen molar-refractivity contribution >= 4 is 46.6 Å². The summed E-state index contributed by atoms with van der Waals surface area (Å²) in [6.45, 7) is 0.436. The van der Waals surface area contributed by atoms with Crippen LogP contribution in [0.1, 0.15) is 62.3 Å². The number of nitrogen functional groups attached to an aromatic ring is 1. The van der Waals surface area contributed by atoms with E-state index in [1.165, 1.54) is 16.8 Å². The normalized spacial score (nSPS) is 21.9. The van der Waals surface area contributed by atoms with Gasteiger partial charge in [0.15, 0.2) is 11.3 Å². The Labute approximate surface area is 237 Å². The molecule has 1 amide bonds. The quantitative estimate of drug-likeness (QED) is 0.245. The molecule has 2 heterocycles. The van der Waals surface area contributed by atoms with Crippen molar-refractivity contribution in [2.45, 2.75) is 37.8 Å². The number of nitrogens with zero attached hydrogens (tertiary/aromatic N) is 3. The number of carbonyl (C=O) groups is 2. The van der Waals surface area contributed by atoms with E-state index >= 15 is 0 Å². The van der Waals surface area contributed by atoms with Crippen LogP contribution in [-0.2, 0) is 13.2 Å². The van der Waals surface area contributed by atoms with Crippen molar-refractivity contribution in [2.75, 3.05) is 24.6 Å². The van der Waals surface area contributed by atoms with Gasteiger partial charge in [0.25, 0.3) is 5.91 Å². The molecule has 2 fully saturated rings. The molecule has 0 bridgehead atoms. The van der Waals surface area contributed by atoms with Gasteiger partial charge in [-0.3, -0.25) is 14.3 Å². The first-order chi connectivity index (χ1) is 18.9. The van der Waals surface area contributed by atoms with Crippen LogP contribution in [0.3, 0.4) is 0 Å². The van der Waals surface area contributed by atoms with Gasteiger partial charge in [-0.1, -0.05) is 11.6 Å². The van der Waals surface area contributed by atoms with Crippen molar-refractivity contribution in [3.8, 4) is 0 Å². The van der Waals surface area contributed by atoms with E-state index in [1.807, 2.05) is 0 Å². The Balaban J connectivity index is 0.000000312. The number of nitrogens with two attached hydrogens (primary N) is 1. The summed E-state index contributed by atoms with van der Waals surface area (Å²) < 4.78 is 51.9. The second kappa shape index (κ2) is 12.1. The average Bonchev–Trinajstić information content (AvgIpc) is 3.68. The van der Waals surface area contributed by atoms with Gasteiger partial charge in [0, 0.05) is 32.2 Å². The van der Waals surface area contributed by atoms with Gasteiger partial charge in [-0.15, -0.1) is 11.3 Å². The topological polar surface area (TPSA) is 115 Å². The lowest BCUT2D eigenvalue weighted by molar-refractivity contribution is -0.137. The summed E-state index contributed by atoms with van der Waals surface area (Å²) in [4.78, 5) is 26.8. The molecule has 8 nitrogen and oxygen atoms in total. The number of aldehydes is 1. The number of hydrogen-bond donors (Lipinski definition) is 3.